The van der Waals surface area contributed by atoms with E-state index in [1.165, 1.54) is 0 Å². The number of amides is 1. The van der Waals surface area contributed by atoms with Crippen molar-refractivity contribution in [1.29, 1.82) is 0 Å². The fraction of sp³-hybridized carbons (Fsp3) is 0.733. The van der Waals surface area contributed by atoms with E-state index in [2.05, 4.69) is 0 Å². The maximum absolute atomic E-state index is 12.0. The molecule has 1 aliphatic rings. The minimum atomic E-state index is -0.505. The predicted octanol–water partition coefficient (Wildman–Crippen LogP) is 2.90. The highest BCUT2D eigenvalue weighted by Gasteiger charge is 2.26. The zero-order valence-corrected chi connectivity index (χ0v) is 13.1. The van der Waals surface area contributed by atoms with Crippen LogP contribution in [-0.2, 0) is 14.3 Å². The second-order valence-electron chi connectivity index (χ2n) is 5.95. The number of ether oxygens (including phenoxy) is 2. The van der Waals surface area contributed by atoms with Crippen LogP contribution in [0.15, 0.2) is 11.1 Å². The largest absolute Gasteiger partial charge is 0.463 e. The van der Waals surface area contributed by atoms with Crippen molar-refractivity contribution in [2.75, 3.05) is 19.7 Å². The molecule has 0 N–H and O–H groups in total. The fourth-order valence-corrected chi connectivity index (χ4v) is 2.04. The summed E-state index contributed by atoms with van der Waals surface area (Å²) in [4.78, 5) is 25.4. The first-order chi connectivity index (χ1) is 9.24. The third-order valence-electron chi connectivity index (χ3n) is 3.05. The van der Waals surface area contributed by atoms with Crippen molar-refractivity contribution >= 4 is 12.1 Å². The number of rotatable bonds is 2. The molecular formula is C15H25NO4. The topological polar surface area (TPSA) is 55.8 Å². The molecule has 0 aromatic carbocycles. The molecule has 114 valence electrons. The summed E-state index contributed by atoms with van der Waals surface area (Å²) >= 11 is 0. The zero-order chi connectivity index (χ0) is 15.3. The summed E-state index contributed by atoms with van der Waals surface area (Å²) < 4.78 is 10.4. The van der Waals surface area contributed by atoms with Crippen molar-refractivity contribution < 1.29 is 19.1 Å². The van der Waals surface area contributed by atoms with E-state index in [9.17, 15) is 9.59 Å². The molecule has 5 nitrogen and oxygen atoms in total. The Morgan fingerprint density at radius 3 is 2.50 bits per heavy atom. The molecule has 1 rings (SSSR count). The number of piperidine rings is 1. The van der Waals surface area contributed by atoms with Crippen molar-refractivity contribution in [2.24, 2.45) is 0 Å². The lowest BCUT2D eigenvalue weighted by atomic mass is 10.00. The molecule has 1 saturated heterocycles. The van der Waals surface area contributed by atoms with E-state index in [1.54, 1.807) is 18.7 Å². The third-order valence-corrected chi connectivity index (χ3v) is 3.05. The van der Waals surface area contributed by atoms with Crippen molar-refractivity contribution in [3.63, 3.8) is 0 Å². The van der Waals surface area contributed by atoms with Crippen LogP contribution >= 0.6 is 0 Å². The van der Waals surface area contributed by atoms with Gasteiger partial charge in [-0.2, -0.15) is 0 Å². The lowest BCUT2D eigenvalue weighted by Gasteiger charge is -2.31. The van der Waals surface area contributed by atoms with Gasteiger partial charge in [-0.1, -0.05) is 0 Å². The molecule has 1 aliphatic heterocycles. The standard InChI is InChI=1S/C15H25NO4/c1-6-19-13(17)11(2)12-8-7-9-16(10-12)14(18)20-15(3,4)5/h6-10H2,1-5H3. The van der Waals surface area contributed by atoms with Gasteiger partial charge in [0.2, 0.25) is 0 Å². The molecule has 20 heavy (non-hydrogen) atoms. The quantitative estimate of drug-likeness (QED) is 0.577. The second-order valence-corrected chi connectivity index (χ2v) is 5.95. The van der Waals surface area contributed by atoms with E-state index in [0.29, 0.717) is 25.3 Å². The van der Waals surface area contributed by atoms with Crippen molar-refractivity contribution in [3.8, 4) is 0 Å². The molecule has 0 aliphatic carbocycles. The lowest BCUT2D eigenvalue weighted by molar-refractivity contribution is -0.138. The third kappa shape index (κ3) is 4.87. The maximum Gasteiger partial charge on any atom is 0.410 e. The van der Waals surface area contributed by atoms with Gasteiger partial charge in [0.25, 0.3) is 0 Å². The SMILES string of the molecule is CCOC(=O)C(C)=C1CCCN(C(=O)OC(C)(C)C)C1. The van der Waals surface area contributed by atoms with Crippen LogP contribution < -0.4 is 0 Å². The Hall–Kier alpha value is -1.52. The number of nitrogens with zero attached hydrogens (tertiary/aromatic N) is 1. The van der Waals surface area contributed by atoms with Crippen LogP contribution in [0.3, 0.4) is 0 Å². The Balaban J connectivity index is 2.74. The summed E-state index contributed by atoms with van der Waals surface area (Å²) in [6.45, 7) is 10.5. The fourth-order valence-electron chi connectivity index (χ4n) is 2.04. The minimum absolute atomic E-state index is 0.298. The van der Waals surface area contributed by atoms with Crippen molar-refractivity contribution in [1.82, 2.24) is 4.90 Å². The molecular weight excluding hydrogens is 258 g/mol. The van der Waals surface area contributed by atoms with Gasteiger partial charge < -0.3 is 14.4 Å². The molecule has 0 unspecified atom stereocenters. The van der Waals surface area contributed by atoms with E-state index in [1.807, 2.05) is 20.8 Å². The molecule has 0 spiro atoms. The summed E-state index contributed by atoms with van der Waals surface area (Å²) in [5.74, 6) is -0.298. The van der Waals surface area contributed by atoms with Gasteiger partial charge in [-0.15, -0.1) is 0 Å². The second kappa shape index (κ2) is 6.77. The van der Waals surface area contributed by atoms with Gasteiger partial charge in [0.05, 0.1) is 6.61 Å². The molecule has 0 aromatic heterocycles. The molecule has 0 radical (unpaired) electrons. The highest BCUT2D eigenvalue weighted by molar-refractivity contribution is 5.89. The van der Waals surface area contributed by atoms with Crippen LogP contribution in [0.2, 0.25) is 0 Å². The van der Waals surface area contributed by atoms with E-state index in [0.717, 1.165) is 18.4 Å². The van der Waals surface area contributed by atoms with Gasteiger partial charge in [0.15, 0.2) is 0 Å². The van der Waals surface area contributed by atoms with Crippen LogP contribution in [0.25, 0.3) is 0 Å². The van der Waals surface area contributed by atoms with Crippen LogP contribution in [0.5, 0.6) is 0 Å². The maximum atomic E-state index is 12.0. The monoisotopic (exact) mass is 283 g/mol. The van der Waals surface area contributed by atoms with Gasteiger partial charge in [-0.25, -0.2) is 9.59 Å². The van der Waals surface area contributed by atoms with Crippen molar-refractivity contribution in [2.45, 2.75) is 53.1 Å². The van der Waals surface area contributed by atoms with Gasteiger partial charge in [-0.05, 0) is 53.0 Å². The summed E-state index contributed by atoms with van der Waals surface area (Å²) in [6, 6.07) is 0. The van der Waals surface area contributed by atoms with Crippen LogP contribution in [0.4, 0.5) is 4.79 Å². The molecule has 0 atom stereocenters. The Bertz CT molecular complexity index is 407. The van der Waals surface area contributed by atoms with Crippen LogP contribution in [0.1, 0.15) is 47.5 Å². The van der Waals surface area contributed by atoms with Crippen LogP contribution in [0, 0.1) is 0 Å². The summed E-state index contributed by atoms with van der Waals surface area (Å²) in [7, 11) is 0. The van der Waals surface area contributed by atoms with E-state index in [4.69, 9.17) is 9.47 Å². The summed E-state index contributed by atoms with van der Waals surface area (Å²) in [5, 5.41) is 0. The molecule has 1 fully saturated rings. The van der Waals surface area contributed by atoms with E-state index >= 15 is 0 Å². The average Bonchev–Trinajstić information content (AvgIpc) is 2.36. The first kappa shape index (κ1) is 16.5. The van der Waals surface area contributed by atoms with Crippen LogP contribution in [-0.4, -0.2) is 42.3 Å². The first-order valence-electron chi connectivity index (χ1n) is 7.08. The van der Waals surface area contributed by atoms with Gasteiger partial charge in [0.1, 0.15) is 5.60 Å². The smallest absolute Gasteiger partial charge is 0.410 e. The number of likely N-dealkylation sites (tertiary alicyclic amines) is 1. The van der Waals surface area contributed by atoms with Gasteiger partial charge >= 0.3 is 12.1 Å². The number of carbonyl (C=O) groups excluding carboxylic acids is 2. The summed E-state index contributed by atoms with van der Waals surface area (Å²) in [5.41, 5.74) is 1.06. The molecule has 5 heteroatoms. The molecule has 0 aromatic rings. The lowest BCUT2D eigenvalue weighted by Crippen LogP contribution is -2.41. The average molecular weight is 283 g/mol. The summed E-state index contributed by atoms with van der Waals surface area (Å²) in [6.07, 6.45) is 1.33. The molecule has 1 amide bonds. The highest BCUT2D eigenvalue weighted by Crippen LogP contribution is 2.21. The Labute approximate surface area is 120 Å². The zero-order valence-electron chi connectivity index (χ0n) is 13.1. The van der Waals surface area contributed by atoms with E-state index in [-0.39, 0.29) is 12.1 Å². The van der Waals surface area contributed by atoms with Gasteiger partial charge in [-0.3, -0.25) is 0 Å². The Morgan fingerprint density at radius 1 is 1.30 bits per heavy atom. The van der Waals surface area contributed by atoms with E-state index < -0.39 is 5.60 Å². The normalized spacial score (nSPS) is 18.6. The number of hydrogen-bond donors (Lipinski definition) is 0. The molecule has 0 saturated carbocycles. The molecule has 1 heterocycles. The minimum Gasteiger partial charge on any atom is -0.463 e. The molecule has 0 bridgehead atoms. The first-order valence-corrected chi connectivity index (χ1v) is 7.08. The number of esters is 1. The van der Waals surface area contributed by atoms with Crippen molar-refractivity contribution in [3.05, 3.63) is 11.1 Å². The Kier molecular flexibility index (Phi) is 5.60. The number of hydrogen-bond acceptors (Lipinski definition) is 4. The van der Waals surface area contributed by atoms with Gasteiger partial charge in [0, 0.05) is 18.7 Å². The predicted molar refractivity (Wildman–Crippen MR) is 76.4 cm³/mol. The highest BCUT2D eigenvalue weighted by atomic mass is 16.6. The number of carbonyl (C=O) groups is 2. The Morgan fingerprint density at radius 2 is 1.95 bits per heavy atom.